The van der Waals surface area contributed by atoms with Crippen LogP contribution >= 0.6 is 0 Å². The largest absolute Gasteiger partial charge is 0.465 e. The topological polar surface area (TPSA) is 72.5 Å². The van der Waals surface area contributed by atoms with Crippen molar-refractivity contribution >= 4 is 16.0 Å². The SMILES string of the molecule is COC(=O)c1cccc(S(=O)(=O)NC2CC3CCC2C3)c1. The minimum atomic E-state index is -3.59. The summed E-state index contributed by atoms with van der Waals surface area (Å²) in [5, 5.41) is 0. The van der Waals surface area contributed by atoms with Crippen LogP contribution in [0, 0.1) is 11.8 Å². The molecule has 1 aromatic carbocycles. The summed E-state index contributed by atoms with van der Waals surface area (Å²) in [6, 6.07) is 6.00. The summed E-state index contributed by atoms with van der Waals surface area (Å²) in [6.07, 6.45) is 4.40. The zero-order valence-corrected chi connectivity index (χ0v) is 12.7. The molecular formula is C15H19NO4S. The van der Waals surface area contributed by atoms with Crippen molar-refractivity contribution < 1.29 is 17.9 Å². The molecule has 3 unspecified atom stereocenters. The molecule has 2 aliphatic carbocycles. The van der Waals surface area contributed by atoms with E-state index in [1.54, 1.807) is 12.1 Å². The number of hydrogen-bond acceptors (Lipinski definition) is 4. The van der Waals surface area contributed by atoms with Crippen LogP contribution in [0.5, 0.6) is 0 Å². The third-order valence-electron chi connectivity index (χ3n) is 4.61. The van der Waals surface area contributed by atoms with Crippen LogP contribution in [-0.4, -0.2) is 27.5 Å². The maximum atomic E-state index is 12.5. The van der Waals surface area contributed by atoms with Crippen molar-refractivity contribution in [2.24, 2.45) is 11.8 Å². The predicted molar refractivity (Wildman–Crippen MR) is 77.3 cm³/mol. The van der Waals surface area contributed by atoms with E-state index in [-0.39, 0.29) is 16.5 Å². The van der Waals surface area contributed by atoms with E-state index in [1.807, 2.05) is 0 Å². The molecule has 2 fully saturated rings. The van der Waals surface area contributed by atoms with Crippen LogP contribution in [-0.2, 0) is 14.8 Å². The third-order valence-corrected chi connectivity index (χ3v) is 6.10. The van der Waals surface area contributed by atoms with Gasteiger partial charge in [0.25, 0.3) is 0 Å². The molecule has 114 valence electrons. The molecular weight excluding hydrogens is 290 g/mol. The number of benzene rings is 1. The fraction of sp³-hybridized carbons (Fsp3) is 0.533. The number of carbonyl (C=O) groups excluding carboxylic acids is 1. The molecule has 2 bridgehead atoms. The van der Waals surface area contributed by atoms with Crippen molar-refractivity contribution in [1.82, 2.24) is 4.72 Å². The molecule has 0 aromatic heterocycles. The van der Waals surface area contributed by atoms with Crippen LogP contribution < -0.4 is 4.72 Å². The average molecular weight is 309 g/mol. The summed E-state index contributed by atoms with van der Waals surface area (Å²) in [5.41, 5.74) is 0.244. The third kappa shape index (κ3) is 2.82. The number of rotatable bonds is 4. The van der Waals surface area contributed by atoms with Gasteiger partial charge in [-0.15, -0.1) is 0 Å². The molecule has 2 saturated carbocycles. The minimum Gasteiger partial charge on any atom is -0.465 e. The van der Waals surface area contributed by atoms with Gasteiger partial charge in [-0.1, -0.05) is 12.5 Å². The van der Waals surface area contributed by atoms with Crippen LogP contribution in [0.25, 0.3) is 0 Å². The lowest BCUT2D eigenvalue weighted by Crippen LogP contribution is -2.38. The van der Waals surface area contributed by atoms with Crippen molar-refractivity contribution in [3.63, 3.8) is 0 Å². The fourth-order valence-electron chi connectivity index (χ4n) is 3.56. The normalized spacial score (nSPS) is 27.8. The summed E-state index contributed by atoms with van der Waals surface area (Å²) in [6.45, 7) is 0. The van der Waals surface area contributed by atoms with Gasteiger partial charge in [-0.2, -0.15) is 0 Å². The van der Waals surface area contributed by atoms with Crippen molar-refractivity contribution in [1.29, 1.82) is 0 Å². The summed E-state index contributed by atoms with van der Waals surface area (Å²) < 4.78 is 32.4. The van der Waals surface area contributed by atoms with Crippen molar-refractivity contribution in [2.45, 2.75) is 36.6 Å². The first-order chi connectivity index (χ1) is 9.99. The van der Waals surface area contributed by atoms with E-state index in [0.717, 1.165) is 19.3 Å². The average Bonchev–Trinajstić information content (AvgIpc) is 3.08. The number of carbonyl (C=O) groups is 1. The number of methoxy groups -OCH3 is 1. The zero-order chi connectivity index (χ0) is 15.0. The van der Waals surface area contributed by atoms with E-state index in [9.17, 15) is 13.2 Å². The van der Waals surface area contributed by atoms with Gasteiger partial charge in [0.05, 0.1) is 17.6 Å². The highest BCUT2D eigenvalue weighted by molar-refractivity contribution is 7.89. The Morgan fingerprint density at radius 2 is 2.10 bits per heavy atom. The molecule has 0 saturated heterocycles. The van der Waals surface area contributed by atoms with E-state index in [1.165, 1.54) is 25.7 Å². The molecule has 0 radical (unpaired) electrons. The fourth-order valence-corrected chi connectivity index (χ4v) is 4.93. The van der Waals surface area contributed by atoms with Gasteiger partial charge < -0.3 is 4.74 Å². The smallest absolute Gasteiger partial charge is 0.337 e. The summed E-state index contributed by atoms with van der Waals surface area (Å²) in [4.78, 5) is 11.6. The van der Waals surface area contributed by atoms with Crippen molar-refractivity contribution in [3.05, 3.63) is 29.8 Å². The predicted octanol–water partition coefficient (Wildman–Crippen LogP) is 1.94. The molecule has 0 aliphatic heterocycles. The summed E-state index contributed by atoms with van der Waals surface area (Å²) in [7, 11) is -2.31. The van der Waals surface area contributed by atoms with Crippen molar-refractivity contribution in [3.8, 4) is 0 Å². The Morgan fingerprint density at radius 3 is 2.71 bits per heavy atom. The molecule has 6 heteroatoms. The van der Waals surface area contributed by atoms with Gasteiger partial charge in [0.2, 0.25) is 10.0 Å². The van der Waals surface area contributed by atoms with E-state index in [0.29, 0.717) is 11.8 Å². The molecule has 0 heterocycles. The maximum absolute atomic E-state index is 12.5. The van der Waals surface area contributed by atoms with Crippen LogP contribution in [0.15, 0.2) is 29.2 Å². The highest BCUT2D eigenvalue weighted by Crippen LogP contribution is 2.44. The standard InChI is InChI=1S/C15H19NO4S/c1-20-15(17)12-3-2-4-13(9-12)21(18,19)16-14-8-10-5-6-11(14)7-10/h2-4,9-11,14,16H,5-8H2,1H3. The number of fused-ring (bicyclic) bond motifs is 2. The molecule has 2 aliphatic rings. The van der Waals surface area contributed by atoms with Gasteiger partial charge in [-0.3, -0.25) is 0 Å². The lowest BCUT2D eigenvalue weighted by Gasteiger charge is -2.22. The Labute approximate surface area is 124 Å². The van der Waals surface area contributed by atoms with Crippen LogP contribution in [0.4, 0.5) is 0 Å². The first-order valence-corrected chi connectivity index (χ1v) is 8.68. The summed E-state index contributed by atoms with van der Waals surface area (Å²) in [5.74, 6) is 0.602. The second kappa shape index (κ2) is 5.42. The molecule has 3 atom stereocenters. The van der Waals surface area contributed by atoms with Gasteiger partial charge in [-0.05, 0) is 49.3 Å². The molecule has 5 nitrogen and oxygen atoms in total. The number of hydrogen-bond donors (Lipinski definition) is 1. The highest BCUT2D eigenvalue weighted by Gasteiger charge is 2.41. The second-order valence-corrected chi connectivity index (χ2v) is 7.64. The van der Waals surface area contributed by atoms with E-state index >= 15 is 0 Å². The first kappa shape index (κ1) is 14.5. The molecule has 0 amide bonds. The Morgan fingerprint density at radius 1 is 1.29 bits per heavy atom. The lowest BCUT2D eigenvalue weighted by atomic mass is 9.96. The van der Waals surface area contributed by atoms with Gasteiger partial charge in [0.15, 0.2) is 0 Å². The Hall–Kier alpha value is -1.40. The Bertz CT molecular complexity index is 655. The van der Waals surface area contributed by atoms with Gasteiger partial charge in [0.1, 0.15) is 0 Å². The first-order valence-electron chi connectivity index (χ1n) is 7.20. The van der Waals surface area contributed by atoms with Crippen LogP contribution in [0.1, 0.15) is 36.0 Å². The van der Waals surface area contributed by atoms with E-state index < -0.39 is 16.0 Å². The van der Waals surface area contributed by atoms with Gasteiger partial charge in [-0.25, -0.2) is 17.9 Å². The number of esters is 1. The maximum Gasteiger partial charge on any atom is 0.337 e. The summed E-state index contributed by atoms with van der Waals surface area (Å²) >= 11 is 0. The lowest BCUT2D eigenvalue weighted by molar-refractivity contribution is 0.0600. The Balaban J connectivity index is 1.80. The van der Waals surface area contributed by atoms with Crippen LogP contribution in [0.3, 0.4) is 0 Å². The molecule has 21 heavy (non-hydrogen) atoms. The Kier molecular flexibility index (Phi) is 3.75. The molecule has 0 spiro atoms. The van der Waals surface area contributed by atoms with Gasteiger partial charge >= 0.3 is 5.97 Å². The quantitative estimate of drug-likeness (QED) is 0.863. The zero-order valence-electron chi connectivity index (χ0n) is 11.9. The minimum absolute atomic E-state index is 0.0375. The van der Waals surface area contributed by atoms with E-state index in [4.69, 9.17) is 0 Å². The molecule has 1 N–H and O–H groups in total. The molecule has 1 aromatic rings. The van der Waals surface area contributed by atoms with Crippen molar-refractivity contribution in [2.75, 3.05) is 7.11 Å². The second-order valence-electron chi connectivity index (χ2n) is 5.92. The highest BCUT2D eigenvalue weighted by atomic mass is 32.2. The van der Waals surface area contributed by atoms with Gasteiger partial charge in [0, 0.05) is 6.04 Å². The number of sulfonamides is 1. The monoisotopic (exact) mass is 309 g/mol. The molecule has 3 rings (SSSR count). The van der Waals surface area contributed by atoms with Crippen LogP contribution in [0.2, 0.25) is 0 Å². The van der Waals surface area contributed by atoms with E-state index in [2.05, 4.69) is 9.46 Å². The number of nitrogens with one attached hydrogen (secondary N) is 1. The number of ether oxygens (including phenoxy) is 1.